The summed E-state index contributed by atoms with van der Waals surface area (Å²) in [4.78, 5) is 22.1. The van der Waals surface area contributed by atoms with Crippen molar-refractivity contribution in [2.75, 3.05) is 42.9 Å². The zero-order chi connectivity index (χ0) is 21.0. The van der Waals surface area contributed by atoms with Gasteiger partial charge in [-0.1, -0.05) is 12.1 Å². The summed E-state index contributed by atoms with van der Waals surface area (Å²) in [5.74, 6) is 1.82. The highest BCUT2D eigenvalue weighted by Crippen LogP contribution is 2.33. The Morgan fingerprint density at radius 1 is 1.38 bits per heavy atom. The number of anilines is 3. The summed E-state index contributed by atoms with van der Waals surface area (Å²) in [5, 5.41) is 4.86. The molecule has 1 aromatic heterocycles. The molecule has 0 radical (unpaired) electrons. The first-order chi connectivity index (χ1) is 13.9. The molecule has 0 saturated carbocycles. The van der Waals surface area contributed by atoms with Crippen molar-refractivity contribution in [2.24, 2.45) is 0 Å². The summed E-state index contributed by atoms with van der Waals surface area (Å²) < 4.78 is 5.21. The van der Waals surface area contributed by atoms with Crippen LogP contribution in [0.5, 0.6) is 5.75 Å². The number of rotatable bonds is 7. The number of ether oxygens (including phenoxy) is 1. The number of halogens is 1. The van der Waals surface area contributed by atoms with Crippen LogP contribution in [0.3, 0.4) is 0 Å². The number of nitrogens with zero attached hydrogens (tertiary/aromatic N) is 4. The fourth-order valence-electron chi connectivity index (χ4n) is 3.40. The van der Waals surface area contributed by atoms with Gasteiger partial charge in [0.15, 0.2) is 11.6 Å². The van der Waals surface area contributed by atoms with Gasteiger partial charge in [0.25, 0.3) is 0 Å². The highest BCUT2D eigenvalue weighted by molar-refractivity contribution is 6.28. The van der Waals surface area contributed by atoms with Gasteiger partial charge in [0, 0.05) is 33.1 Å². The quantitative estimate of drug-likeness (QED) is 0.458. The first-order valence-corrected chi connectivity index (χ1v) is 9.72. The topological polar surface area (TPSA) is 109 Å². The number of nitrogen functional groups attached to an aromatic ring is 1. The Bertz CT molecular complexity index is 862. The van der Waals surface area contributed by atoms with Crippen LogP contribution in [-0.2, 0) is 11.3 Å². The van der Waals surface area contributed by atoms with Crippen molar-refractivity contribution in [3.05, 3.63) is 35.1 Å². The van der Waals surface area contributed by atoms with Gasteiger partial charge in [-0.15, -0.1) is 0 Å². The van der Waals surface area contributed by atoms with E-state index in [-0.39, 0.29) is 17.2 Å². The van der Waals surface area contributed by atoms with E-state index in [0.717, 1.165) is 24.3 Å². The number of hydrazine groups is 1. The maximum atomic E-state index is 11.3. The maximum absolute atomic E-state index is 11.3. The summed E-state index contributed by atoms with van der Waals surface area (Å²) in [5.41, 5.74) is 11.0. The molecule has 1 aliphatic rings. The number of carbonyl (C=O) groups excluding carboxylic acids is 1. The van der Waals surface area contributed by atoms with Gasteiger partial charge in [0.05, 0.1) is 13.7 Å². The van der Waals surface area contributed by atoms with E-state index in [0.29, 0.717) is 30.4 Å². The summed E-state index contributed by atoms with van der Waals surface area (Å²) in [7, 11) is 3.43. The smallest absolute Gasteiger partial charge is 0.226 e. The number of hydrogen-bond donors (Lipinski definition) is 3. The van der Waals surface area contributed by atoms with Crippen molar-refractivity contribution >= 4 is 34.8 Å². The molecule has 1 aliphatic heterocycles. The van der Waals surface area contributed by atoms with Crippen LogP contribution < -0.4 is 31.1 Å². The van der Waals surface area contributed by atoms with Crippen molar-refractivity contribution in [2.45, 2.75) is 25.9 Å². The van der Waals surface area contributed by atoms with Crippen LogP contribution in [0.2, 0.25) is 5.28 Å². The molecule has 2 aromatic rings. The largest absolute Gasteiger partial charge is 0.497 e. The number of methoxy groups -OCH3 is 1. The summed E-state index contributed by atoms with van der Waals surface area (Å²) in [6.07, 6.45) is 0.817. The molecule has 1 amide bonds. The third-order valence-electron chi connectivity index (χ3n) is 4.80. The van der Waals surface area contributed by atoms with Crippen molar-refractivity contribution in [1.29, 1.82) is 0 Å². The monoisotopic (exact) mass is 419 g/mol. The molecule has 0 bridgehead atoms. The van der Waals surface area contributed by atoms with Crippen LogP contribution in [0.4, 0.5) is 17.3 Å². The maximum Gasteiger partial charge on any atom is 0.226 e. The number of hydrogen-bond acceptors (Lipinski definition) is 8. The molecule has 1 fully saturated rings. The second-order valence-corrected chi connectivity index (χ2v) is 7.18. The van der Waals surface area contributed by atoms with Crippen LogP contribution in [0.25, 0.3) is 0 Å². The number of nitrogens with two attached hydrogens (primary N) is 1. The average Bonchev–Trinajstić information content (AvgIpc) is 3.15. The standard InChI is InChI=1S/C19H26ClN7O2/c1-12(28)23-14-8-9-26(11-14)17-16(21)18(25-19(20)24-17)27(22-2)10-13-4-6-15(29-3)7-5-13/h4-7,14,22H,8-11,21H2,1-3H3,(H,23,28). The van der Waals surface area contributed by atoms with E-state index in [1.54, 1.807) is 14.2 Å². The van der Waals surface area contributed by atoms with Crippen molar-refractivity contribution in [3.8, 4) is 5.75 Å². The van der Waals surface area contributed by atoms with Gasteiger partial charge in [-0.3, -0.25) is 9.80 Å². The third-order valence-corrected chi connectivity index (χ3v) is 4.97. The minimum atomic E-state index is -0.0490. The van der Waals surface area contributed by atoms with Crippen LogP contribution in [0.15, 0.2) is 24.3 Å². The van der Waals surface area contributed by atoms with Gasteiger partial charge in [-0.2, -0.15) is 9.97 Å². The zero-order valence-corrected chi connectivity index (χ0v) is 17.5. The lowest BCUT2D eigenvalue weighted by Gasteiger charge is -2.27. The Labute approximate surface area is 175 Å². The van der Waals surface area contributed by atoms with E-state index in [1.807, 2.05) is 34.2 Å². The second kappa shape index (κ2) is 9.15. The van der Waals surface area contributed by atoms with Crippen LogP contribution in [0, 0.1) is 0 Å². The highest BCUT2D eigenvalue weighted by Gasteiger charge is 2.28. The van der Waals surface area contributed by atoms with Gasteiger partial charge in [0.2, 0.25) is 11.2 Å². The molecule has 156 valence electrons. The summed E-state index contributed by atoms with van der Waals surface area (Å²) in [6.45, 7) is 3.38. The molecule has 1 saturated heterocycles. The first-order valence-electron chi connectivity index (χ1n) is 9.34. The molecule has 2 heterocycles. The molecule has 0 aliphatic carbocycles. The Hall–Kier alpha value is -2.78. The Morgan fingerprint density at radius 3 is 2.72 bits per heavy atom. The van der Waals surface area contributed by atoms with Gasteiger partial charge in [-0.25, -0.2) is 5.43 Å². The van der Waals surface area contributed by atoms with Gasteiger partial charge < -0.3 is 20.7 Å². The van der Waals surface area contributed by atoms with Crippen LogP contribution >= 0.6 is 11.6 Å². The van der Waals surface area contributed by atoms with Crippen molar-refractivity contribution in [3.63, 3.8) is 0 Å². The van der Waals surface area contributed by atoms with Gasteiger partial charge in [-0.05, 0) is 35.7 Å². The fourth-order valence-corrected chi connectivity index (χ4v) is 3.56. The molecular weight excluding hydrogens is 394 g/mol. The van der Waals surface area contributed by atoms with Gasteiger partial charge in [0.1, 0.15) is 11.4 Å². The lowest BCUT2D eigenvalue weighted by atomic mass is 10.2. The highest BCUT2D eigenvalue weighted by atomic mass is 35.5. The molecule has 1 atom stereocenters. The summed E-state index contributed by atoms with van der Waals surface area (Å²) >= 11 is 6.22. The van der Waals surface area contributed by atoms with Gasteiger partial charge >= 0.3 is 0 Å². The number of benzene rings is 1. The van der Waals surface area contributed by atoms with Crippen molar-refractivity contribution in [1.82, 2.24) is 20.7 Å². The minimum Gasteiger partial charge on any atom is -0.497 e. The molecule has 29 heavy (non-hydrogen) atoms. The number of carbonyl (C=O) groups is 1. The normalized spacial score (nSPS) is 16.0. The third kappa shape index (κ3) is 4.99. The fraction of sp³-hybridized carbons (Fsp3) is 0.421. The van der Waals surface area contributed by atoms with E-state index < -0.39 is 0 Å². The second-order valence-electron chi connectivity index (χ2n) is 6.84. The molecular formula is C19H26ClN7O2. The predicted octanol–water partition coefficient (Wildman–Crippen LogP) is 1.58. The number of aromatic nitrogens is 2. The molecule has 1 aromatic carbocycles. The molecule has 10 heteroatoms. The Balaban J connectivity index is 1.83. The van der Waals surface area contributed by atoms with Crippen LogP contribution in [0.1, 0.15) is 18.9 Å². The Morgan fingerprint density at radius 2 is 2.10 bits per heavy atom. The number of amides is 1. The van der Waals surface area contributed by atoms with Crippen molar-refractivity contribution < 1.29 is 9.53 Å². The van der Waals surface area contributed by atoms with E-state index in [2.05, 4.69) is 20.7 Å². The summed E-state index contributed by atoms with van der Waals surface area (Å²) in [6, 6.07) is 7.81. The minimum absolute atomic E-state index is 0.0490. The SMILES string of the molecule is CNN(Cc1ccc(OC)cc1)c1nc(Cl)nc(N2CCC(NC(C)=O)C2)c1N. The molecule has 4 N–H and O–H groups in total. The lowest BCUT2D eigenvalue weighted by molar-refractivity contribution is -0.119. The first kappa shape index (κ1) is 20.9. The van der Waals surface area contributed by atoms with Crippen LogP contribution in [-0.4, -0.2) is 49.2 Å². The number of nitrogens with one attached hydrogen (secondary N) is 2. The van der Waals surface area contributed by atoms with E-state index >= 15 is 0 Å². The molecule has 0 spiro atoms. The predicted molar refractivity (Wildman–Crippen MR) is 114 cm³/mol. The molecule has 9 nitrogen and oxygen atoms in total. The van der Waals surface area contributed by atoms with E-state index in [9.17, 15) is 4.79 Å². The lowest BCUT2D eigenvalue weighted by Crippen LogP contribution is -2.37. The molecule has 3 rings (SSSR count). The average molecular weight is 420 g/mol. The Kier molecular flexibility index (Phi) is 6.60. The van der Waals surface area contributed by atoms with E-state index in [1.165, 1.54) is 6.92 Å². The molecule has 1 unspecified atom stereocenters. The zero-order valence-electron chi connectivity index (χ0n) is 16.8. The van der Waals surface area contributed by atoms with E-state index in [4.69, 9.17) is 22.1 Å².